The number of nitrogen functional groups attached to an aromatic ring is 1. The van der Waals surface area contributed by atoms with Crippen molar-refractivity contribution in [3.8, 4) is 5.69 Å². The lowest BCUT2D eigenvalue weighted by Gasteiger charge is -2.18. The zero-order chi connectivity index (χ0) is 30.2. The number of nitrogens with two attached hydrogens (primary N) is 1. The number of hydrogen-bond acceptors (Lipinski definition) is 9. The predicted octanol–water partition coefficient (Wildman–Crippen LogP) is 5.41. The van der Waals surface area contributed by atoms with E-state index in [0.717, 1.165) is 15.6 Å². The van der Waals surface area contributed by atoms with E-state index in [4.69, 9.17) is 11.1 Å². The highest BCUT2D eigenvalue weighted by Crippen LogP contribution is 2.29. The molecule has 3 aromatic heterocycles. The first-order valence-electron chi connectivity index (χ1n) is 13.2. The number of carbonyl (C=O) groups excluding carboxylic acids is 1. The first-order valence-corrected chi connectivity index (χ1v) is 14.0. The van der Waals surface area contributed by atoms with Crippen LogP contribution in [-0.2, 0) is 11.3 Å². The molecule has 0 unspecified atom stereocenters. The summed E-state index contributed by atoms with van der Waals surface area (Å²) < 4.78 is 16.5. The SMILES string of the molecule is CC(=O)Nc1nc2ccc(C(=N)c3c(N)ncnc3NCc3cc4cccc(C)c4c(=O)n3-c3cccc(F)c3)cc2s1. The normalized spacial score (nSPS) is 11.1. The van der Waals surface area contributed by atoms with Crippen molar-refractivity contribution in [2.24, 2.45) is 0 Å². The molecule has 10 nitrogen and oxygen atoms in total. The summed E-state index contributed by atoms with van der Waals surface area (Å²) in [5.41, 5.74) is 9.34. The molecule has 6 aromatic rings. The van der Waals surface area contributed by atoms with Gasteiger partial charge in [-0.1, -0.05) is 41.7 Å². The summed E-state index contributed by atoms with van der Waals surface area (Å²) >= 11 is 1.30. The molecule has 5 N–H and O–H groups in total. The Bertz CT molecular complexity index is 2140. The number of amides is 1. The van der Waals surface area contributed by atoms with Gasteiger partial charge in [-0.15, -0.1) is 0 Å². The van der Waals surface area contributed by atoms with Crippen LogP contribution in [0, 0.1) is 18.2 Å². The van der Waals surface area contributed by atoms with E-state index < -0.39 is 5.82 Å². The van der Waals surface area contributed by atoms with E-state index >= 15 is 0 Å². The summed E-state index contributed by atoms with van der Waals surface area (Å²) in [6, 6.07) is 18.7. The summed E-state index contributed by atoms with van der Waals surface area (Å²) in [4.78, 5) is 38.1. The lowest BCUT2D eigenvalue weighted by molar-refractivity contribution is -0.114. The Morgan fingerprint density at radius 1 is 1.09 bits per heavy atom. The van der Waals surface area contributed by atoms with Gasteiger partial charge in [0, 0.05) is 18.2 Å². The number of anilines is 3. The van der Waals surface area contributed by atoms with Crippen LogP contribution in [0.4, 0.5) is 21.2 Å². The molecule has 0 spiro atoms. The van der Waals surface area contributed by atoms with Gasteiger partial charge < -0.3 is 16.4 Å². The van der Waals surface area contributed by atoms with E-state index in [1.807, 2.05) is 31.2 Å². The maximum Gasteiger partial charge on any atom is 0.263 e. The van der Waals surface area contributed by atoms with Crippen molar-refractivity contribution in [1.29, 1.82) is 5.41 Å². The zero-order valence-corrected chi connectivity index (χ0v) is 23.9. The lowest BCUT2D eigenvalue weighted by atomic mass is 10.0. The molecule has 1 amide bonds. The Balaban J connectivity index is 1.39. The van der Waals surface area contributed by atoms with Crippen molar-refractivity contribution >= 4 is 60.7 Å². The molecule has 0 aliphatic carbocycles. The summed E-state index contributed by atoms with van der Waals surface area (Å²) in [6.07, 6.45) is 1.30. The molecular weight excluding hydrogens is 567 g/mol. The van der Waals surface area contributed by atoms with Crippen LogP contribution in [0.1, 0.15) is 29.3 Å². The van der Waals surface area contributed by atoms with Crippen LogP contribution in [0.2, 0.25) is 0 Å². The van der Waals surface area contributed by atoms with Gasteiger partial charge in [-0.25, -0.2) is 19.3 Å². The quantitative estimate of drug-likeness (QED) is 0.181. The van der Waals surface area contributed by atoms with Crippen LogP contribution >= 0.6 is 11.3 Å². The third-order valence-electron chi connectivity index (χ3n) is 6.92. The number of halogens is 1. The monoisotopic (exact) mass is 592 g/mol. The number of rotatable bonds is 7. The number of nitrogens with one attached hydrogen (secondary N) is 3. The molecule has 0 bridgehead atoms. The summed E-state index contributed by atoms with van der Waals surface area (Å²) in [6.45, 7) is 3.39. The fourth-order valence-corrected chi connectivity index (χ4v) is 5.95. The van der Waals surface area contributed by atoms with Crippen LogP contribution in [0.3, 0.4) is 0 Å². The Morgan fingerprint density at radius 3 is 2.70 bits per heavy atom. The minimum atomic E-state index is -0.463. The molecule has 12 heteroatoms. The van der Waals surface area contributed by atoms with E-state index in [9.17, 15) is 14.0 Å². The molecule has 0 fully saturated rings. The predicted molar refractivity (Wildman–Crippen MR) is 168 cm³/mol. The molecule has 0 radical (unpaired) electrons. The highest BCUT2D eigenvalue weighted by atomic mass is 32.1. The molecule has 0 saturated heterocycles. The van der Waals surface area contributed by atoms with Crippen molar-refractivity contribution in [1.82, 2.24) is 19.5 Å². The smallest absolute Gasteiger partial charge is 0.263 e. The van der Waals surface area contributed by atoms with Gasteiger partial charge in [-0.05, 0) is 54.3 Å². The molecule has 43 heavy (non-hydrogen) atoms. The van der Waals surface area contributed by atoms with Gasteiger partial charge in [-0.2, -0.15) is 0 Å². The average molecular weight is 593 g/mol. The number of pyridine rings is 1. The average Bonchev–Trinajstić information content (AvgIpc) is 3.36. The summed E-state index contributed by atoms with van der Waals surface area (Å²) in [5, 5.41) is 16.7. The fourth-order valence-electron chi connectivity index (χ4n) is 5.00. The second kappa shape index (κ2) is 11.1. The largest absolute Gasteiger partial charge is 0.383 e. The maximum absolute atomic E-state index is 14.3. The Kier molecular flexibility index (Phi) is 7.12. The second-order valence-electron chi connectivity index (χ2n) is 9.89. The second-order valence-corrected chi connectivity index (χ2v) is 10.9. The van der Waals surface area contributed by atoms with Gasteiger partial charge in [0.2, 0.25) is 5.91 Å². The number of aryl methyl sites for hydroxylation is 1. The number of hydrogen-bond donors (Lipinski definition) is 4. The third-order valence-corrected chi connectivity index (χ3v) is 7.85. The Labute approximate surface area is 248 Å². The van der Waals surface area contributed by atoms with E-state index in [-0.39, 0.29) is 35.1 Å². The van der Waals surface area contributed by atoms with Crippen LogP contribution in [0.15, 0.2) is 77.9 Å². The number of thiazole rings is 1. The topological polar surface area (TPSA) is 152 Å². The van der Waals surface area contributed by atoms with Gasteiger partial charge in [0.05, 0.1) is 39.1 Å². The number of aromatic nitrogens is 4. The van der Waals surface area contributed by atoms with Gasteiger partial charge in [0.25, 0.3) is 5.56 Å². The van der Waals surface area contributed by atoms with E-state index in [0.29, 0.717) is 38.8 Å². The van der Waals surface area contributed by atoms with Crippen LogP contribution in [-0.4, -0.2) is 31.1 Å². The van der Waals surface area contributed by atoms with Gasteiger partial charge >= 0.3 is 0 Å². The van der Waals surface area contributed by atoms with Crippen molar-refractivity contribution in [2.45, 2.75) is 20.4 Å². The molecule has 6 rings (SSSR count). The first kappa shape index (κ1) is 27.7. The van der Waals surface area contributed by atoms with E-state index in [1.165, 1.54) is 41.3 Å². The highest BCUT2D eigenvalue weighted by molar-refractivity contribution is 7.22. The van der Waals surface area contributed by atoms with Gasteiger partial charge in [0.1, 0.15) is 23.8 Å². The van der Waals surface area contributed by atoms with E-state index in [2.05, 4.69) is 25.6 Å². The maximum atomic E-state index is 14.3. The number of nitrogens with zero attached hydrogens (tertiary/aromatic N) is 4. The summed E-state index contributed by atoms with van der Waals surface area (Å²) in [5.74, 6) is -0.290. The van der Waals surface area contributed by atoms with Gasteiger partial charge in [0.15, 0.2) is 5.13 Å². The highest BCUT2D eigenvalue weighted by Gasteiger charge is 2.19. The van der Waals surface area contributed by atoms with Gasteiger partial charge in [-0.3, -0.25) is 19.6 Å². The standard InChI is InChI=1S/C31H25FN8O2S/c1-16-5-3-6-18-11-22(40(30(42)25(16)18)21-8-4-7-20(32)13-21)14-35-29-26(28(34)36-15-37-29)27(33)19-9-10-23-24(12-19)43-31(39-23)38-17(2)41/h3-13,15,33H,14H2,1-2H3,(H,38,39,41)(H3,34,35,36,37). The van der Waals surface area contributed by atoms with Crippen LogP contribution < -0.4 is 21.9 Å². The first-order chi connectivity index (χ1) is 20.7. The third kappa shape index (κ3) is 5.31. The Morgan fingerprint density at radius 2 is 1.91 bits per heavy atom. The minimum Gasteiger partial charge on any atom is -0.383 e. The van der Waals surface area contributed by atoms with Crippen molar-refractivity contribution in [2.75, 3.05) is 16.4 Å². The van der Waals surface area contributed by atoms with Crippen molar-refractivity contribution in [3.05, 3.63) is 112 Å². The van der Waals surface area contributed by atoms with Crippen molar-refractivity contribution < 1.29 is 9.18 Å². The molecule has 0 aliphatic rings. The molecule has 0 aliphatic heterocycles. The van der Waals surface area contributed by atoms with Crippen LogP contribution in [0.5, 0.6) is 0 Å². The number of carbonyl (C=O) groups is 1. The molecule has 214 valence electrons. The number of fused-ring (bicyclic) bond motifs is 2. The fraction of sp³-hybridized carbons (Fsp3) is 0.0968. The molecule has 0 atom stereocenters. The van der Waals surface area contributed by atoms with Crippen LogP contribution in [0.25, 0.3) is 26.7 Å². The Hall–Kier alpha value is -5.49. The lowest BCUT2D eigenvalue weighted by Crippen LogP contribution is -2.24. The minimum absolute atomic E-state index is 0.0774. The molecule has 3 aromatic carbocycles. The molecule has 3 heterocycles. The van der Waals surface area contributed by atoms with E-state index in [1.54, 1.807) is 30.3 Å². The summed E-state index contributed by atoms with van der Waals surface area (Å²) in [7, 11) is 0. The number of benzene rings is 3. The molecule has 0 saturated carbocycles. The zero-order valence-electron chi connectivity index (χ0n) is 23.1. The van der Waals surface area contributed by atoms with Crippen molar-refractivity contribution in [3.63, 3.8) is 0 Å². The molecular formula is C31H25FN8O2S.